The van der Waals surface area contributed by atoms with E-state index in [1.54, 1.807) is 0 Å². The summed E-state index contributed by atoms with van der Waals surface area (Å²) < 4.78 is 9.81. The van der Waals surface area contributed by atoms with Gasteiger partial charge in [-0.05, 0) is 0 Å². The number of ether oxygens (including phenoxy) is 2. The summed E-state index contributed by atoms with van der Waals surface area (Å²) in [4.78, 5) is 39.0. The molecule has 24 heavy (non-hydrogen) atoms. The molecule has 0 saturated heterocycles. The Kier molecular flexibility index (Phi) is 8.15. The number of hydrogen-bond acceptors (Lipinski definition) is 6. The number of carbonyl (C=O) groups is 3. The van der Waals surface area contributed by atoms with E-state index in [2.05, 4.69) is 31.1 Å². The van der Waals surface area contributed by atoms with Crippen LogP contribution in [0.1, 0.15) is 19.4 Å². The zero-order valence-corrected chi connectivity index (χ0v) is 15.4. The molecule has 0 fully saturated rings. The van der Waals surface area contributed by atoms with Crippen LogP contribution in [0.3, 0.4) is 0 Å². The van der Waals surface area contributed by atoms with Crippen molar-refractivity contribution in [1.82, 2.24) is 5.32 Å². The molecule has 1 aromatic rings. The van der Waals surface area contributed by atoms with Crippen molar-refractivity contribution in [2.75, 3.05) is 7.11 Å². The summed E-state index contributed by atoms with van der Waals surface area (Å²) in [5.41, 5.74) is 0.822. The van der Waals surface area contributed by atoms with Gasteiger partial charge in [-0.2, -0.15) is 0 Å². The van der Waals surface area contributed by atoms with Gasteiger partial charge in [-0.3, -0.25) is 0 Å². The fourth-order valence-corrected chi connectivity index (χ4v) is 2.51. The van der Waals surface area contributed by atoms with Crippen LogP contribution in [0.4, 0.5) is 4.79 Å². The third kappa shape index (κ3) is 6.52. The van der Waals surface area contributed by atoms with E-state index in [0.717, 1.165) is 5.56 Å². The maximum atomic E-state index is 11.9. The molecule has 0 heterocycles. The van der Waals surface area contributed by atoms with Gasteiger partial charge in [0.15, 0.2) is 0 Å². The van der Waals surface area contributed by atoms with E-state index in [9.17, 15) is 14.4 Å². The molecule has 0 unspecified atom stereocenters. The van der Waals surface area contributed by atoms with Gasteiger partial charge in [-0.25, -0.2) is 0 Å². The second-order valence-electron chi connectivity index (χ2n) is 4.92. The predicted octanol–water partition coefficient (Wildman–Crippen LogP) is 0.999. The molecule has 8 heteroatoms. The minimum atomic E-state index is -1.01. The summed E-state index contributed by atoms with van der Waals surface area (Å²) in [6.07, 6.45) is -0.757. The fraction of sp³-hybridized carbons (Fsp3) is 0.375. The third-order valence-corrected chi connectivity index (χ3v) is 3.71. The number of carbonyl (C=O) groups excluding carboxylic acids is 3. The molecule has 1 aromatic carbocycles. The summed E-state index contributed by atoms with van der Waals surface area (Å²) in [6.45, 7) is 2.90. The molecule has 0 spiro atoms. The predicted molar refractivity (Wildman–Crippen MR) is 88.9 cm³/mol. The van der Waals surface area contributed by atoms with Crippen molar-refractivity contribution in [2.45, 2.75) is 32.5 Å². The first-order chi connectivity index (χ1) is 11.3. The summed E-state index contributed by atoms with van der Waals surface area (Å²) >= 11 is 2.60. The maximum absolute atomic E-state index is 11.9. The first kappa shape index (κ1) is 19.9. The molecule has 0 aromatic heterocycles. The second-order valence-corrected chi connectivity index (χ2v) is 5.79. The Morgan fingerprint density at radius 3 is 2.42 bits per heavy atom. The quantitative estimate of drug-likeness (QED) is 0.420. The van der Waals surface area contributed by atoms with Crippen LogP contribution in [0, 0.1) is 0 Å². The molecule has 1 amide bonds. The number of hydrogen-bond donors (Lipinski definition) is 1. The Labute approximate surface area is 148 Å². The molecule has 1 radical (unpaired) electrons. The van der Waals surface area contributed by atoms with Crippen LogP contribution in [-0.2, 0) is 25.7 Å². The van der Waals surface area contributed by atoms with Gasteiger partial charge in [-0.15, -0.1) is 0 Å². The van der Waals surface area contributed by atoms with Crippen LogP contribution in [0.5, 0.6) is 0 Å². The van der Waals surface area contributed by atoms with E-state index in [1.165, 1.54) is 21.0 Å². The Balaban J connectivity index is 2.68. The van der Waals surface area contributed by atoms with E-state index in [4.69, 9.17) is 4.74 Å². The van der Waals surface area contributed by atoms with E-state index >= 15 is 0 Å². The van der Waals surface area contributed by atoms with Gasteiger partial charge in [0.05, 0.1) is 0 Å². The van der Waals surface area contributed by atoms with E-state index in [1.807, 2.05) is 30.3 Å². The molecule has 7 nitrogen and oxygen atoms in total. The van der Waals surface area contributed by atoms with Crippen molar-refractivity contribution >= 4 is 38.5 Å². The van der Waals surface area contributed by atoms with E-state index in [0.29, 0.717) is 0 Å². The molecular weight excluding hydrogens is 379 g/mol. The Bertz CT molecular complexity index is 618. The van der Waals surface area contributed by atoms with Crippen molar-refractivity contribution in [3.8, 4) is 0 Å². The topological polar surface area (TPSA) is 94.1 Å². The van der Waals surface area contributed by atoms with Crippen LogP contribution in [0.15, 0.2) is 35.3 Å². The van der Waals surface area contributed by atoms with Crippen LogP contribution < -0.4 is 5.32 Å². The number of amides is 1. The average molecular weight is 398 g/mol. The zero-order chi connectivity index (χ0) is 18.1. The normalized spacial score (nSPS) is 13.5. The number of nitrogens with one attached hydrogen (secondary N) is 1. The van der Waals surface area contributed by atoms with Crippen molar-refractivity contribution in [1.29, 1.82) is 0 Å². The summed E-state index contributed by atoms with van der Waals surface area (Å²) in [5, 5.41) is 2.42. The summed E-state index contributed by atoms with van der Waals surface area (Å²) in [6, 6.07) is 7.33. The summed E-state index contributed by atoms with van der Waals surface area (Å²) in [7, 11) is 1.25. The molecule has 1 N–H and O–H groups in total. The van der Waals surface area contributed by atoms with Gasteiger partial charge in [0.1, 0.15) is 0 Å². The number of ketones is 1. The molecule has 0 aliphatic carbocycles. The van der Waals surface area contributed by atoms with Gasteiger partial charge in [0.2, 0.25) is 0 Å². The van der Waals surface area contributed by atoms with Crippen LogP contribution in [0.25, 0.3) is 0 Å². The fourth-order valence-electron chi connectivity index (χ4n) is 1.71. The first-order valence-electron chi connectivity index (χ1n) is 7.15. The molecule has 1 rings (SSSR count). The molecule has 0 aliphatic rings. The third-order valence-electron chi connectivity index (χ3n) is 2.99. The van der Waals surface area contributed by atoms with Crippen LogP contribution >= 0.6 is 0 Å². The number of esters is 1. The number of rotatable bonds is 7. The average Bonchev–Trinajstić information content (AvgIpc) is 2.57. The van der Waals surface area contributed by atoms with Gasteiger partial charge >= 0.3 is 148 Å². The van der Waals surface area contributed by atoms with Gasteiger partial charge in [0, 0.05) is 0 Å². The first-order valence-corrected chi connectivity index (χ1v) is 8.01. The molecule has 129 valence electrons. The molecule has 0 bridgehead atoms. The molecule has 0 aliphatic heterocycles. The van der Waals surface area contributed by atoms with Crippen LogP contribution in [0.2, 0.25) is 0 Å². The number of nitrogens with zero attached hydrogens (tertiary/aromatic N) is 1. The number of methoxy groups -OCH3 is 1. The van der Waals surface area contributed by atoms with Crippen LogP contribution in [-0.4, -0.2) is 57.7 Å². The Morgan fingerprint density at radius 1 is 1.25 bits per heavy atom. The minimum absolute atomic E-state index is 0.0791. The second kappa shape index (κ2) is 9.85. The summed E-state index contributed by atoms with van der Waals surface area (Å²) in [5.74, 6) is -0.891. The van der Waals surface area contributed by atoms with Crippen molar-refractivity contribution < 1.29 is 23.9 Å². The number of aliphatic imine (C=N–C) groups is 1. The number of benzene rings is 1. The van der Waals surface area contributed by atoms with Crippen molar-refractivity contribution in [3.63, 3.8) is 0 Å². The Morgan fingerprint density at radius 2 is 1.88 bits per heavy atom. The zero-order valence-electron chi connectivity index (χ0n) is 13.6. The van der Waals surface area contributed by atoms with Gasteiger partial charge < -0.3 is 0 Å². The van der Waals surface area contributed by atoms with Gasteiger partial charge in [0.25, 0.3) is 0 Å². The van der Waals surface area contributed by atoms with E-state index < -0.39 is 24.1 Å². The Hall–Kier alpha value is -2.18. The van der Waals surface area contributed by atoms with Crippen molar-refractivity contribution in [3.05, 3.63) is 35.9 Å². The molecule has 0 saturated carbocycles. The standard InChI is InChI=1S/C16H19N2O5Se/c1-10(15(20)22-3)17-14(24)13(11(2)19)18-16(21)23-9-12-7-5-4-6-8-12/h4-8,10,13H,9H2,1-3H3,(H,18,21)/t10-,13-/m0/s1. The molecule has 2 atom stereocenters. The number of Topliss-reactive ketones (excluding diaryl/α,β-unsaturated/α-hetero) is 1. The van der Waals surface area contributed by atoms with Crippen molar-refractivity contribution in [2.24, 2.45) is 4.99 Å². The van der Waals surface area contributed by atoms with Gasteiger partial charge in [-0.1, -0.05) is 0 Å². The molecular formula is C16H19N2O5Se. The SMILES string of the molecule is COC(=O)[C@H](C)N=C([Se])[C@@H](NC(=O)OCc1ccccc1)C(C)=O. The van der Waals surface area contributed by atoms with E-state index in [-0.39, 0.29) is 17.0 Å². The monoisotopic (exact) mass is 399 g/mol. The number of alkyl carbamates (subject to hydrolysis) is 1.